The minimum absolute atomic E-state index is 0.274. The highest BCUT2D eigenvalue weighted by Gasteiger charge is 2.27. The van der Waals surface area contributed by atoms with Crippen LogP contribution < -0.4 is 21.3 Å². The standard InChI is InChI=1S/C23H33FN6O4/c24-18-15-17(26-19-2-4-21(31)27-22(19)32)1-3-20(18)29-13-11-28(12-14-29)8-5-16-6-9-30(10-7-16)34-23(25)33/h1,3,15-16,19,26H,2,4-14H2,(H2,25,33)(H,27,31,32). The molecule has 3 amide bonds. The summed E-state index contributed by atoms with van der Waals surface area (Å²) >= 11 is 0. The number of halogens is 1. The van der Waals surface area contributed by atoms with Gasteiger partial charge < -0.3 is 20.8 Å². The maximum atomic E-state index is 14.9. The number of benzene rings is 1. The smallest absolute Gasteiger partial charge is 0.374 e. The number of piperazine rings is 1. The second-order valence-electron chi connectivity index (χ2n) is 9.21. The molecule has 186 valence electrons. The zero-order chi connectivity index (χ0) is 24.1. The van der Waals surface area contributed by atoms with E-state index < -0.39 is 12.1 Å². The number of hydroxylamine groups is 2. The fraction of sp³-hybridized carbons (Fsp3) is 0.609. The quantitative estimate of drug-likeness (QED) is 0.504. The Balaban J connectivity index is 1.20. The molecule has 0 saturated carbocycles. The molecule has 1 atom stereocenters. The first-order valence-corrected chi connectivity index (χ1v) is 12.0. The SMILES string of the molecule is NC(=O)ON1CCC(CCN2CCN(c3ccc(NC4CCC(=O)NC4=O)cc3F)CC2)CC1. The van der Waals surface area contributed by atoms with Crippen LogP contribution >= 0.6 is 0 Å². The molecule has 4 N–H and O–H groups in total. The Morgan fingerprint density at radius 3 is 2.50 bits per heavy atom. The Morgan fingerprint density at radius 2 is 1.85 bits per heavy atom. The number of carbonyl (C=O) groups is 3. The fourth-order valence-electron chi connectivity index (χ4n) is 4.88. The van der Waals surface area contributed by atoms with Crippen molar-refractivity contribution in [1.82, 2.24) is 15.3 Å². The Hall–Kier alpha value is -2.92. The van der Waals surface area contributed by atoms with Crippen LogP contribution in [0.15, 0.2) is 18.2 Å². The largest absolute Gasteiger partial charge is 0.423 e. The van der Waals surface area contributed by atoms with E-state index in [0.29, 0.717) is 23.7 Å². The summed E-state index contributed by atoms with van der Waals surface area (Å²) in [6.07, 6.45) is 2.98. The van der Waals surface area contributed by atoms with Gasteiger partial charge in [0.15, 0.2) is 0 Å². The number of nitrogens with two attached hydrogens (primary N) is 1. The number of carbonyl (C=O) groups excluding carboxylic acids is 3. The van der Waals surface area contributed by atoms with Gasteiger partial charge >= 0.3 is 6.09 Å². The van der Waals surface area contributed by atoms with Gasteiger partial charge in [0, 0.05) is 51.4 Å². The van der Waals surface area contributed by atoms with Crippen LogP contribution in [0.5, 0.6) is 0 Å². The van der Waals surface area contributed by atoms with E-state index in [2.05, 4.69) is 20.4 Å². The van der Waals surface area contributed by atoms with Crippen molar-refractivity contribution < 1.29 is 23.6 Å². The summed E-state index contributed by atoms with van der Waals surface area (Å²) in [5.74, 6) is -0.367. The highest BCUT2D eigenvalue weighted by atomic mass is 19.1. The molecule has 11 heteroatoms. The van der Waals surface area contributed by atoms with E-state index in [-0.39, 0.29) is 24.1 Å². The molecule has 0 radical (unpaired) electrons. The third-order valence-electron chi connectivity index (χ3n) is 6.89. The lowest BCUT2D eigenvalue weighted by molar-refractivity contribution is -0.133. The lowest BCUT2D eigenvalue weighted by atomic mass is 9.94. The maximum absolute atomic E-state index is 14.9. The van der Waals surface area contributed by atoms with E-state index in [1.807, 2.05) is 0 Å². The van der Waals surface area contributed by atoms with Crippen molar-refractivity contribution in [2.75, 3.05) is 56.0 Å². The number of imide groups is 1. The second kappa shape index (κ2) is 11.0. The van der Waals surface area contributed by atoms with Crippen molar-refractivity contribution in [1.29, 1.82) is 0 Å². The topological polar surface area (TPSA) is 120 Å². The third kappa shape index (κ3) is 6.35. The van der Waals surface area contributed by atoms with Crippen molar-refractivity contribution in [3.05, 3.63) is 24.0 Å². The van der Waals surface area contributed by atoms with Crippen LogP contribution in [0.2, 0.25) is 0 Å². The van der Waals surface area contributed by atoms with E-state index in [1.54, 1.807) is 17.2 Å². The van der Waals surface area contributed by atoms with E-state index in [4.69, 9.17) is 10.6 Å². The number of nitrogens with zero attached hydrogens (tertiary/aromatic N) is 3. The van der Waals surface area contributed by atoms with Crippen LogP contribution in [0.3, 0.4) is 0 Å². The molecule has 3 fully saturated rings. The van der Waals surface area contributed by atoms with E-state index in [0.717, 1.165) is 65.1 Å². The summed E-state index contributed by atoms with van der Waals surface area (Å²) in [4.78, 5) is 43.5. The Kier molecular flexibility index (Phi) is 7.84. The average molecular weight is 477 g/mol. The number of nitrogens with one attached hydrogen (secondary N) is 2. The van der Waals surface area contributed by atoms with Crippen LogP contribution in [0.25, 0.3) is 0 Å². The monoisotopic (exact) mass is 476 g/mol. The molecule has 34 heavy (non-hydrogen) atoms. The van der Waals surface area contributed by atoms with Crippen molar-refractivity contribution >= 4 is 29.3 Å². The molecule has 0 aliphatic carbocycles. The number of hydrogen-bond acceptors (Lipinski definition) is 8. The van der Waals surface area contributed by atoms with Gasteiger partial charge in [-0.05, 0) is 56.3 Å². The summed E-state index contributed by atoms with van der Waals surface area (Å²) in [5.41, 5.74) is 6.16. The second-order valence-corrected chi connectivity index (χ2v) is 9.21. The Morgan fingerprint density at radius 1 is 1.12 bits per heavy atom. The van der Waals surface area contributed by atoms with Gasteiger partial charge in [0.05, 0.1) is 5.69 Å². The predicted octanol–water partition coefficient (Wildman–Crippen LogP) is 1.28. The van der Waals surface area contributed by atoms with Crippen LogP contribution in [-0.4, -0.2) is 79.7 Å². The van der Waals surface area contributed by atoms with Gasteiger partial charge in [-0.25, -0.2) is 9.18 Å². The minimum atomic E-state index is -0.757. The van der Waals surface area contributed by atoms with Crippen molar-refractivity contribution in [3.63, 3.8) is 0 Å². The van der Waals surface area contributed by atoms with Gasteiger partial charge in [-0.2, -0.15) is 0 Å². The number of rotatable bonds is 7. The highest BCUT2D eigenvalue weighted by molar-refractivity contribution is 6.01. The highest BCUT2D eigenvalue weighted by Crippen LogP contribution is 2.26. The normalized spacial score (nSPS) is 23.0. The number of anilines is 2. The lowest BCUT2D eigenvalue weighted by Gasteiger charge is -2.37. The average Bonchev–Trinajstić information content (AvgIpc) is 2.81. The number of amides is 3. The predicted molar refractivity (Wildman–Crippen MR) is 124 cm³/mol. The van der Waals surface area contributed by atoms with E-state index in [9.17, 15) is 18.8 Å². The molecule has 1 unspecified atom stereocenters. The van der Waals surface area contributed by atoms with E-state index in [1.165, 1.54) is 6.07 Å². The first-order valence-electron chi connectivity index (χ1n) is 12.0. The minimum Gasteiger partial charge on any atom is -0.374 e. The molecule has 0 aromatic heterocycles. The molecule has 3 aliphatic heterocycles. The summed E-state index contributed by atoms with van der Waals surface area (Å²) in [7, 11) is 0. The van der Waals surface area contributed by atoms with Gasteiger partial charge in [0.25, 0.3) is 0 Å². The third-order valence-corrected chi connectivity index (χ3v) is 6.89. The van der Waals surface area contributed by atoms with Crippen molar-refractivity contribution in [3.8, 4) is 0 Å². The summed E-state index contributed by atoms with van der Waals surface area (Å²) in [6.45, 7) is 5.69. The zero-order valence-corrected chi connectivity index (χ0v) is 19.3. The molecular weight excluding hydrogens is 443 g/mol. The van der Waals surface area contributed by atoms with Gasteiger partial charge in [-0.15, -0.1) is 5.06 Å². The molecule has 1 aromatic carbocycles. The maximum Gasteiger partial charge on any atom is 0.423 e. The van der Waals surface area contributed by atoms with Crippen LogP contribution in [-0.2, 0) is 14.4 Å². The molecule has 1 aromatic rings. The molecule has 3 heterocycles. The van der Waals surface area contributed by atoms with Crippen molar-refractivity contribution in [2.24, 2.45) is 11.7 Å². The van der Waals surface area contributed by atoms with Crippen LogP contribution in [0.4, 0.5) is 20.6 Å². The Labute approximate surface area is 198 Å². The molecular formula is C23H33FN6O4. The summed E-state index contributed by atoms with van der Waals surface area (Å²) < 4.78 is 14.9. The molecule has 3 aliphatic rings. The zero-order valence-electron chi connectivity index (χ0n) is 19.3. The van der Waals surface area contributed by atoms with Gasteiger partial charge in [-0.1, -0.05) is 0 Å². The summed E-state index contributed by atoms with van der Waals surface area (Å²) in [5, 5.41) is 6.96. The number of hydrogen-bond donors (Lipinski definition) is 3. The van der Waals surface area contributed by atoms with Gasteiger partial charge in [0.1, 0.15) is 11.9 Å². The molecule has 10 nitrogen and oxygen atoms in total. The first kappa shape index (κ1) is 24.2. The molecule has 0 spiro atoms. The molecule has 3 saturated heterocycles. The Bertz CT molecular complexity index is 899. The van der Waals surface area contributed by atoms with Gasteiger partial charge in [0.2, 0.25) is 11.8 Å². The molecule has 0 bridgehead atoms. The fourth-order valence-corrected chi connectivity index (χ4v) is 4.88. The number of primary amides is 1. The van der Waals surface area contributed by atoms with Gasteiger partial charge in [-0.3, -0.25) is 19.8 Å². The number of piperidine rings is 2. The van der Waals surface area contributed by atoms with Crippen LogP contribution in [0, 0.1) is 11.7 Å². The first-order chi connectivity index (χ1) is 16.4. The molecule has 4 rings (SSSR count). The van der Waals surface area contributed by atoms with Crippen molar-refractivity contribution in [2.45, 2.75) is 38.1 Å². The lowest BCUT2D eigenvalue weighted by Crippen LogP contribution is -2.47. The summed E-state index contributed by atoms with van der Waals surface area (Å²) in [6, 6.07) is 4.42. The van der Waals surface area contributed by atoms with Crippen LogP contribution in [0.1, 0.15) is 32.1 Å². The van der Waals surface area contributed by atoms with E-state index >= 15 is 0 Å².